The van der Waals surface area contributed by atoms with Gasteiger partial charge in [0.1, 0.15) is 0 Å². The van der Waals surface area contributed by atoms with Gasteiger partial charge in [-0.25, -0.2) is 9.78 Å². The van der Waals surface area contributed by atoms with E-state index in [0.29, 0.717) is 15.9 Å². The number of ketones is 1. The van der Waals surface area contributed by atoms with E-state index in [0.717, 1.165) is 0 Å². The second kappa shape index (κ2) is 5.80. The molecular weight excluding hydrogens is 288 g/mol. The van der Waals surface area contributed by atoms with Crippen LogP contribution in [0.15, 0.2) is 48.0 Å². The minimum Gasteiger partial charge on any atom is -0.452 e. The number of rotatable bonds is 4. The summed E-state index contributed by atoms with van der Waals surface area (Å²) < 4.78 is 4.98. The van der Waals surface area contributed by atoms with E-state index in [1.165, 1.54) is 17.5 Å². The van der Waals surface area contributed by atoms with Gasteiger partial charge in [-0.3, -0.25) is 9.78 Å². The molecule has 0 N–H and O–H groups in total. The molecule has 0 saturated carbocycles. The molecule has 3 rings (SSSR count). The summed E-state index contributed by atoms with van der Waals surface area (Å²) in [6.07, 6.45) is 1.35. The topological polar surface area (TPSA) is 69.2 Å². The zero-order valence-corrected chi connectivity index (χ0v) is 11.7. The van der Waals surface area contributed by atoms with Crippen molar-refractivity contribution in [3.05, 3.63) is 58.5 Å². The standard InChI is InChI=1S/C15H10N2O3S/c18-13(14-6-3-7-21-14)9-20-15(19)12-8-16-10-4-1-2-5-11(10)17-12/h1-8H,9H2. The van der Waals surface area contributed by atoms with Gasteiger partial charge in [0.15, 0.2) is 12.3 Å². The van der Waals surface area contributed by atoms with Gasteiger partial charge < -0.3 is 4.74 Å². The van der Waals surface area contributed by atoms with Crippen molar-refractivity contribution in [3.8, 4) is 0 Å². The van der Waals surface area contributed by atoms with E-state index in [2.05, 4.69) is 9.97 Å². The highest BCUT2D eigenvalue weighted by Crippen LogP contribution is 2.11. The Morgan fingerprint density at radius 1 is 1.10 bits per heavy atom. The summed E-state index contributed by atoms with van der Waals surface area (Å²) in [6.45, 7) is -0.298. The molecule has 0 spiro atoms. The first-order valence-electron chi connectivity index (χ1n) is 6.19. The fourth-order valence-corrected chi connectivity index (χ4v) is 2.42. The summed E-state index contributed by atoms with van der Waals surface area (Å²) in [5.41, 5.74) is 1.40. The van der Waals surface area contributed by atoms with Crippen LogP contribution in [0, 0.1) is 0 Å². The van der Waals surface area contributed by atoms with Gasteiger partial charge >= 0.3 is 5.97 Å². The minimum absolute atomic E-state index is 0.0904. The lowest BCUT2D eigenvalue weighted by atomic mass is 10.3. The molecular formula is C15H10N2O3S. The van der Waals surface area contributed by atoms with Crippen molar-refractivity contribution in [3.63, 3.8) is 0 Å². The third kappa shape index (κ3) is 2.95. The maximum atomic E-state index is 11.9. The van der Waals surface area contributed by atoms with Gasteiger partial charge in [0.05, 0.1) is 22.1 Å². The van der Waals surface area contributed by atoms with E-state index in [-0.39, 0.29) is 18.1 Å². The van der Waals surface area contributed by atoms with Gasteiger partial charge in [-0.2, -0.15) is 0 Å². The number of Topliss-reactive ketones (excluding diaryl/α,β-unsaturated/α-hetero) is 1. The van der Waals surface area contributed by atoms with Crippen LogP contribution in [0.2, 0.25) is 0 Å². The number of fused-ring (bicyclic) bond motifs is 1. The van der Waals surface area contributed by atoms with Gasteiger partial charge in [-0.1, -0.05) is 18.2 Å². The van der Waals surface area contributed by atoms with Crippen LogP contribution in [-0.2, 0) is 4.74 Å². The van der Waals surface area contributed by atoms with Crippen LogP contribution >= 0.6 is 11.3 Å². The summed E-state index contributed by atoms with van der Waals surface area (Å²) in [6, 6.07) is 10.7. The van der Waals surface area contributed by atoms with Crippen molar-refractivity contribution in [1.29, 1.82) is 0 Å². The number of thiophene rings is 1. The van der Waals surface area contributed by atoms with Crippen LogP contribution in [0.25, 0.3) is 11.0 Å². The average Bonchev–Trinajstić information content (AvgIpc) is 3.06. The number of carbonyl (C=O) groups is 2. The summed E-state index contributed by atoms with van der Waals surface area (Å²) in [4.78, 5) is 32.5. The number of para-hydroxylation sites is 2. The van der Waals surface area contributed by atoms with Gasteiger partial charge in [0.25, 0.3) is 0 Å². The van der Waals surface area contributed by atoms with Crippen LogP contribution < -0.4 is 0 Å². The highest BCUT2D eigenvalue weighted by molar-refractivity contribution is 7.12. The van der Waals surface area contributed by atoms with E-state index in [1.54, 1.807) is 29.6 Å². The van der Waals surface area contributed by atoms with E-state index in [4.69, 9.17) is 4.74 Å². The Morgan fingerprint density at radius 2 is 1.90 bits per heavy atom. The normalized spacial score (nSPS) is 10.5. The van der Waals surface area contributed by atoms with Crippen LogP contribution in [0.5, 0.6) is 0 Å². The van der Waals surface area contributed by atoms with Crippen molar-refractivity contribution in [2.75, 3.05) is 6.61 Å². The molecule has 1 aromatic carbocycles. The first-order valence-corrected chi connectivity index (χ1v) is 7.07. The number of carbonyl (C=O) groups excluding carboxylic acids is 2. The number of hydrogen-bond acceptors (Lipinski definition) is 6. The lowest BCUT2D eigenvalue weighted by Crippen LogP contribution is -2.14. The number of aromatic nitrogens is 2. The Balaban J connectivity index is 1.70. The first-order chi connectivity index (χ1) is 10.2. The smallest absolute Gasteiger partial charge is 0.359 e. The Kier molecular flexibility index (Phi) is 3.70. The van der Waals surface area contributed by atoms with Gasteiger partial charge in [0.2, 0.25) is 5.78 Å². The van der Waals surface area contributed by atoms with Crippen molar-refractivity contribution in [1.82, 2.24) is 9.97 Å². The molecule has 0 atom stereocenters. The Hall–Kier alpha value is -2.60. The summed E-state index contributed by atoms with van der Waals surface area (Å²) in [5.74, 6) is -0.884. The predicted molar refractivity (Wildman–Crippen MR) is 78.5 cm³/mol. The zero-order valence-electron chi connectivity index (χ0n) is 10.9. The first kappa shape index (κ1) is 13.4. The summed E-state index contributed by atoms with van der Waals surface area (Å²) in [7, 11) is 0. The van der Waals surface area contributed by atoms with Crippen LogP contribution in [0.1, 0.15) is 20.2 Å². The van der Waals surface area contributed by atoms with Crippen LogP contribution in [-0.4, -0.2) is 28.3 Å². The van der Waals surface area contributed by atoms with Gasteiger partial charge in [0, 0.05) is 0 Å². The van der Waals surface area contributed by atoms with Crippen molar-refractivity contribution < 1.29 is 14.3 Å². The molecule has 21 heavy (non-hydrogen) atoms. The molecule has 0 aliphatic heterocycles. The molecule has 0 unspecified atom stereocenters. The third-order valence-corrected chi connectivity index (χ3v) is 3.70. The monoisotopic (exact) mass is 298 g/mol. The van der Waals surface area contributed by atoms with E-state index >= 15 is 0 Å². The number of nitrogens with zero attached hydrogens (tertiary/aromatic N) is 2. The number of esters is 1. The molecule has 104 valence electrons. The van der Waals surface area contributed by atoms with Crippen LogP contribution in [0.4, 0.5) is 0 Å². The molecule has 2 aromatic heterocycles. The van der Waals surface area contributed by atoms with Gasteiger partial charge in [-0.15, -0.1) is 11.3 Å². The molecule has 5 nitrogen and oxygen atoms in total. The molecule has 0 bridgehead atoms. The van der Waals surface area contributed by atoms with Crippen LogP contribution in [0.3, 0.4) is 0 Å². The Labute approximate surface area is 124 Å². The maximum Gasteiger partial charge on any atom is 0.359 e. The molecule has 2 heterocycles. The fraction of sp³-hybridized carbons (Fsp3) is 0.0667. The van der Waals surface area contributed by atoms with E-state index in [9.17, 15) is 9.59 Å². The highest BCUT2D eigenvalue weighted by atomic mass is 32.1. The second-order valence-electron chi connectivity index (χ2n) is 4.22. The van der Waals surface area contributed by atoms with Crippen molar-refractivity contribution >= 4 is 34.1 Å². The molecule has 0 fully saturated rings. The molecule has 3 aromatic rings. The molecule has 0 aliphatic rings. The Bertz CT molecular complexity index is 800. The summed E-state index contributed by atoms with van der Waals surface area (Å²) >= 11 is 1.31. The lowest BCUT2D eigenvalue weighted by Gasteiger charge is -2.03. The molecule has 6 heteroatoms. The SMILES string of the molecule is O=C(OCC(=O)c1cccs1)c1cnc2ccccc2n1. The molecule has 0 aliphatic carbocycles. The quantitative estimate of drug-likeness (QED) is 0.547. The summed E-state index contributed by atoms with van der Waals surface area (Å²) in [5, 5.41) is 1.80. The zero-order chi connectivity index (χ0) is 14.7. The lowest BCUT2D eigenvalue weighted by molar-refractivity contribution is 0.0470. The number of hydrogen-bond donors (Lipinski definition) is 0. The van der Waals surface area contributed by atoms with Crippen molar-refractivity contribution in [2.45, 2.75) is 0 Å². The number of benzene rings is 1. The average molecular weight is 298 g/mol. The highest BCUT2D eigenvalue weighted by Gasteiger charge is 2.14. The molecule has 0 saturated heterocycles. The molecule has 0 radical (unpaired) electrons. The second-order valence-corrected chi connectivity index (χ2v) is 5.17. The van der Waals surface area contributed by atoms with Gasteiger partial charge in [-0.05, 0) is 23.6 Å². The van der Waals surface area contributed by atoms with E-state index in [1.807, 2.05) is 12.1 Å². The molecule has 0 amide bonds. The third-order valence-electron chi connectivity index (χ3n) is 2.79. The number of ether oxygens (including phenoxy) is 1. The largest absolute Gasteiger partial charge is 0.452 e. The minimum atomic E-state index is -0.654. The van der Waals surface area contributed by atoms with Crippen molar-refractivity contribution in [2.24, 2.45) is 0 Å². The van der Waals surface area contributed by atoms with E-state index < -0.39 is 5.97 Å². The maximum absolute atomic E-state index is 11.9. The fourth-order valence-electron chi connectivity index (χ4n) is 1.77. The Morgan fingerprint density at radius 3 is 2.67 bits per heavy atom. The predicted octanol–water partition coefficient (Wildman–Crippen LogP) is 2.73.